The molecule has 0 fully saturated rings. The number of carbonyl (C=O) groups excluding carboxylic acids is 2. The van der Waals surface area contributed by atoms with Gasteiger partial charge in [-0.1, -0.05) is 29.8 Å². The number of hydrogen-bond acceptors (Lipinski definition) is 4. The number of nitrogens with zero attached hydrogens (tertiary/aromatic N) is 1. The topological polar surface area (TPSA) is 61.4 Å². The summed E-state index contributed by atoms with van der Waals surface area (Å²) in [6, 6.07) is 13.7. The van der Waals surface area contributed by atoms with Crippen molar-refractivity contribution in [3.8, 4) is 0 Å². The van der Waals surface area contributed by atoms with Gasteiger partial charge in [0.15, 0.2) is 0 Å². The van der Waals surface area contributed by atoms with Gasteiger partial charge in [-0.25, -0.2) is 0 Å². The molecule has 0 bridgehead atoms. The zero-order chi connectivity index (χ0) is 21.4. The van der Waals surface area contributed by atoms with Gasteiger partial charge >= 0.3 is 6.18 Å². The predicted molar refractivity (Wildman–Crippen MR) is 109 cm³/mol. The maximum Gasteiger partial charge on any atom is 0.398 e. The standard InChI is InChI=1S/C20H22F3N3O2S/c1-14-7-9-15(10-8-14)25-18(27)12-26(2)19(28)11-24-16-5-3-4-6-17(16)29-13-20(21,22)23/h3-10,24H,11-13H2,1-2H3,(H,25,27). The maximum atomic E-state index is 12.5. The number of halogens is 3. The molecule has 156 valence electrons. The number of nitrogens with one attached hydrogen (secondary N) is 2. The summed E-state index contributed by atoms with van der Waals surface area (Å²) in [6.07, 6.45) is -4.28. The molecule has 0 heterocycles. The van der Waals surface area contributed by atoms with E-state index in [9.17, 15) is 22.8 Å². The van der Waals surface area contributed by atoms with Gasteiger partial charge in [0.25, 0.3) is 0 Å². The van der Waals surface area contributed by atoms with Crippen LogP contribution in [0.5, 0.6) is 0 Å². The van der Waals surface area contributed by atoms with Crippen LogP contribution in [0.3, 0.4) is 0 Å². The quantitative estimate of drug-likeness (QED) is 0.624. The van der Waals surface area contributed by atoms with Gasteiger partial charge in [-0.3, -0.25) is 9.59 Å². The van der Waals surface area contributed by atoms with Crippen LogP contribution in [0.2, 0.25) is 0 Å². The molecule has 0 aliphatic carbocycles. The largest absolute Gasteiger partial charge is 0.398 e. The normalized spacial score (nSPS) is 11.1. The van der Waals surface area contributed by atoms with Gasteiger partial charge in [0, 0.05) is 23.3 Å². The maximum absolute atomic E-state index is 12.5. The van der Waals surface area contributed by atoms with E-state index < -0.39 is 11.9 Å². The molecule has 0 aliphatic rings. The van der Waals surface area contributed by atoms with E-state index in [2.05, 4.69) is 10.6 Å². The van der Waals surface area contributed by atoms with Crippen molar-refractivity contribution in [2.45, 2.75) is 18.0 Å². The molecule has 2 rings (SSSR count). The van der Waals surface area contributed by atoms with Crippen molar-refractivity contribution >= 4 is 35.0 Å². The van der Waals surface area contributed by atoms with Crippen LogP contribution in [0, 0.1) is 6.92 Å². The van der Waals surface area contributed by atoms with E-state index in [-0.39, 0.29) is 24.9 Å². The molecule has 0 radical (unpaired) electrons. The number of likely N-dealkylation sites (N-methyl/N-ethyl adjacent to an activating group) is 1. The van der Waals surface area contributed by atoms with Crippen LogP contribution in [0.15, 0.2) is 53.4 Å². The summed E-state index contributed by atoms with van der Waals surface area (Å²) in [7, 11) is 1.49. The SMILES string of the molecule is Cc1ccc(NC(=O)CN(C)C(=O)CNc2ccccc2SCC(F)(F)F)cc1. The first-order chi connectivity index (χ1) is 13.6. The Balaban J connectivity index is 1.85. The van der Waals surface area contributed by atoms with Gasteiger partial charge in [-0.2, -0.15) is 13.2 Å². The van der Waals surface area contributed by atoms with Crippen LogP contribution in [0.4, 0.5) is 24.5 Å². The van der Waals surface area contributed by atoms with Crippen LogP contribution in [-0.2, 0) is 9.59 Å². The van der Waals surface area contributed by atoms with E-state index in [0.29, 0.717) is 28.0 Å². The first-order valence-corrected chi connectivity index (χ1v) is 9.75. The van der Waals surface area contributed by atoms with Gasteiger partial charge in [0.2, 0.25) is 11.8 Å². The summed E-state index contributed by atoms with van der Waals surface area (Å²) in [4.78, 5) is 26.0. The van der Waals surface area contributed by atoms with Crippen LogP contribution >= 0.6 is 11.8 Å². The summed E-state index contributed by atoms with van der Waals surface area (Å²) < 4.78 is 37.4. The molecule has 0 spiro atoms. The highest BCUT2D eigenvalue weighted by molar-refractivity contribution is 7.99. The van der Waals surface area contributed by atoms with Gasteiger partial charge in [0.1, 0.15) is 0 Å². The van der Waals surface area contributed by atoms with Crippen LogP contribution in [-0.4, -0.2) is 48.8 Å². The molecule has 2 amide bonds. The molecule has 29 heavy (non-hydrogen) atoms. The van der Waals surface area contributed by atoms with Crippen LogP contribution in [0.1, 0.15) is 5.56 Å². The molecule has 2 N–H and O–H groups in total. The molecule has 0 saturated heterocycles. The second-order valence-electron chi connectivity index (χ2n) is 6.42. The lowest BCUT2D eigenvalue weighted by molar-refractivity contribution is -0.131. The number of thioether (sulfide) groups is 1. The minimum absolute atomic E-state index is 0.140. The van der Waals surface area contributed by atoms with Crippen LogP contribution in [0.25, 0.3) is 0 Å². The smallest absolute Gasteiger partial charge is 0.375 e. The zero-order valence-corrected chi connectivity index (χ0v) is 16.9. The summed E-state index contributed by atoms with van der Waals surface area (Å²) in [5.41, 5.74) is 2.14. The Morgan fingerprint density at radius 1 is 1.07 bits per heavy atom. The van der Waals surface area contributed by atoms with Crippen molar-refractivity contribution in [2.24, 2.45) is 0 Å². The Bertz CT molecular complexity index is 842. The molecule has 0 aliphatic heterocycles. The lowest BCUT2D eigenvalue weighted by atomic mass is 10.2. The summed E-state index contributed by atoms with van der Waals surface area (Å²) in [5.74, 6) is -1.72. The molecule has 0 atom stereocenters. The number of amides is 2. The molecule has 2 aromatic rings. The Kier molecular flexibility index (Phi) is 7.95. The fraction of sp³-hybridized carbons (Fsp3) is 0.300. The number of benzene rings is 2. The zero-order valence-electron chi connectivity index (χ0n) is 16.0. The highest BCUT2D eigenvalue weighted by atomic mass is 32.2. The number of alkyl halides is 3. The highest BCUT2D eigenvalue weighted by Gasteiger charge is 2.27. The van der Waals surface area contributed by atoms with Crippen molar-refractivity contribution in [3.63, 3.8) is 0 Å². The Morgan fingerprint density at radius 3 is 2.38 bits per heavy atom. The summed E-state index contributed by atoms with van der Waals surface area (Å²) in [5, 5.41) is 5.55. The monoisotopic (exact) mass is 425 g/mol. The lowest BCUT2D eigenvalue weighted by Gasteiger charge is -2.18. The molecular weight excluding hydrogens is 403 g/mol. The van der Waals surface area contributed by atoms with Crippen molar-refractivity contribution in [2.75, 3.05) is 36.5 Å². The summed E-state index contributed by atoms with van der Waals surface area (Å²) in [6.45, 7) is 1.65. The summed E-state index contributed by atoms with van der Waals surface area (Å²) >= 11 is 0.650. The number of aryl methyl sites for hydroxylation is 1. The second kappa shape index (κ2) is 10.2. The average molecular weight is 425 g/mol. The molecule has 9 heteroatoms. The van der Waals surface area contributed by atoms with Gasteiger partial charge < -0.3 is 15.5 Å². The highest BCUT2D eigenvalue weighted by Crippen LogP contribution is 2.31. The first-order valence-electron chi connectivity index (χ1n) is 8.77. The molecule has 2 aromatic carbocycles. The Labute approximate surface area is 171 Å². The molecule has 5 nitrogen and oxygen atoms in total. The van der Waals surface area contributed by atoms with E-state index in [0.717, 1.165) is 5.56 Å². The first kappa shape index (κ1) is 22.6. The molecule has 0 aromatic heterocycles. The number of carbonyl (C=O) groups is 2. The van der Waals surface area contributed by atoms with E-state index in [4.69, 9.17) is 0 Å². The number of para-hydroxylation sites is 1. The average Bonchev–Trinajstić information content (AvgIpc) is 2.66. The minimum atomic E-state index is -4.28. The van der Waals surface area contributed by atoms with Gasteiger partial charge in [-0.05, 0) is 31.2 Å². The molecule has 0 unspecified atom stereocenters. The fourth-order valence-corrected chi connectivity index (χ4v) is 3.13. The minimum Gasteiger partial charge on any atom is -0.375 e. The molecular formula is C20H22F3N3O2S. The van der Waals surface area contributed by atoms with E-state index >= 15 is 0 Å². The third kappa shape index (κ3) is 8.06. The van der Waals surface area contributed by atoms with Crippen molar-refractivity contribution in [1.29, 1.82) is 0 Å². The van der Waals surface area contributed by atoms with Gasteiger partial charge in [-0.15, -0.1) is 11.8 Å². The number of anilines is 2. The number of hydrogen-bond donors (Lipinski definition) is 2. The van der Waals surface area contributed by atoms with E-state index in [1.54, 1.807) is 36.4 Å². The fourth-order valence-electron chi connectivity index (χ4n) is 2.34. The van der Waals surface area contributed by atoms with Crippen molar-refractivity contribution < 1.29 is 22.8 Å². The third-order valence-electron chi connectivity index (χ3n) is 3.85. The van der Waals surface area contributed by atoms with E-state index in [1.165, 1.54) is 11.9 Å². The second-order valence-corrected chi connectivity index (χ2v) is 7.43. The van der Waals surface area contributed by atoms with Crippen LogP contribution < -0.4 is 10.6 Å². The van der Waals surface area contributed by atoms with Crippen molar-refractivity contribution in [1.82, 2.24) is 4.90 Å². The number of rotatable bonds is 8. The Morgan fingerprint density at radius 2 is 1.72 bits per heavy atom. The third-order valence-corrected chi connectivity index (χ3v) is 4.99. The Hall–Kier alpha value is -2.68. The van der Waals surface area contributed by atoms with E-state index in [1.807, 2.05) is 19.1 Å². The molecule has 0 saturated carbocycles. The van der Waals surface area contributed by atoms with Gasteiger partial charge in [0.05, 0.1) is 18.8 Å². The lowest BCUT2D eigenvalue weighted by Crippen LogP contribution is -2.38. The van der Waals surface area contributed by atoms with Crippen molar-refractivity contribution in [3.05, 3.63) is 54.1 Å². The predicted octanol–water partition coefficient (Wildman–Crippen LogP) is 4.16.